The second kappa shape index (κ2) is 9.19. The van der Waals surface area contributed by atoms with Gasteiger partial charge in [-0.2, -0.15) is 0 Å². The highest BCUT2D eigenvalue weighted by molar-refractivity contribution is 6.04. The normalized spacial score (nSPS) is 24.1. The average Bonchev–Trinajstić information content (AvgIpc) is 2.80. The van der Waals surface area contributed by atoms with Crippen molar-refractivity contribution >= 4 is 22.6 Å². The largest absolute Gasteiger partial charge is 0.462 e. The summed E-state index contributed by atoms with van der Waals surface area (Å²) in [5.41, 5.74) is -0.468. The highest BCUT2D eigenvalue weighted by Crippen LogP contribution is 2.35. The van der Waals surface area contributed by atoms with E-state index in [1.807, 2.05) is 0 Å². The van der Waals surface area contributed by atoms with E-state index in [1.54, 1.807) is 63.2 Å². The Balaban J connectivity index is 1.60. The predicted molar refractivity (Wildman–Crippen MR) is 124 cm³/mol. The fraction of sp³-hybridized carbons (Fsp3) is 0.360. The quantitative estimate of drug-likeness (QED) is 0.487. The van der Waals surface area contributed by atoms with Crippen molar-refractivity contribution < 1.29 is 33.6 Å². The van der Waals surface area contributed by atoms with Gasteiger partial charge in [0, 0.05) is 23.6 Å². The number of rotatable bonds is 5. The molecule has 0 aliphatic carbocycles. The Bertz CT molecular complexity index is 1250. The number of aryl methyl sites for hydroxylation is 1. The van der Waals surface area contributed by atoms with Crippen molar-refractivity contribution in [3.05, 3.63) is 70.1 Å². The smallest absolute Gasteiger partial charge is 0.360 e. The summed E-state index contributed by atoms with van der Waals surface area (Å²) < 4.78 is 22.5. The number of carbonyl (C=O) groups is 1. The van der Waals surface area contributed by atoms with Crippen LogP contribution in [-0.4, -0.2) is 53.4 Å². The lowest BCUT2D eigenvalue weighted by molar-refractivity contribution is -0.306. The first kappa shape index (κ1) is 23.9. The maximum Gasteiger partial charge on any atom is 0.360 e. The number of fused-ring (bicyclic) bond motifs is 1. The molecular formula is C25H27NO8. The summed E-state index contributed by atoms with van der Waals surface area (Å²) in [7, 11) is 1.43. The average molecular weight is 469 g/mol. The Labute approximate surface area is 195 Å². The fourth-order valence-corrected chi connectivity index (χ4v) is 4.13. The number of hydrogen-bond donors (Lipinski definition) is 3. The number of benzene rings is 2. The number of aliphatic hydroxyl groups is 2. The minimum absolute atomic E-state index is 0.0101. The number of hydrogen-bond acceptors (Lipinski definition) is 8. The highest BCUT2D eigenvalue weighted by atomic mass is 16.7. The topological polar surface area (TPSA) is 127 Å². The van der Waals surface area contributed by atoms with E-state index in [9.17, 15) is 19.8 Å². The molecule has 1 aromatic heterocycles. The number of methoxy groups -OCH3 is 1. The molecule has 9 heteroatoms. The second-order valence-corrected chi connectivity index (χ2v) is 8.72. The third-order valence-electron chi connectivity index (χ3n) is 5.93. The zero-order chi connectivity index (χ0) is 24.6. The molecule has 0 radical (unpaired) electrons. The molecular weight excluding hydrogens is 442 g/mol. The van der Waals surface area contributed by atoms with Crippen molar-refractivity contribution in [2.45, 2.75) is 51.0 Å². The summed E-state index contributed by atoms with van der Waals surface area (Å²) in [6.07, 6.45) is -4.52. The number of ether oxygens (including phenoxy) is 3. The molecule has 180 valence electrons. The lowest BCUT2D eigenvalue weighted by Crippen LogP contribution is -2.63. The predicted octanol–water partition coefficient (Wildman–Crippen LogP) is 2.60. The van der Waals surface area contributed by atoms with Gasteiger partial charge in [0.2, 0.25) is 6.29 Å². The molecule has 2 aromatic carbocycles. The minimum Gasteiger partial charge on any atom is -0.462 e. The van der Waals surface area contributed by atoms with E-state index in [2.05, 4.69) is 5.32 Å². The number of aliphatic hydroxyl groups excluding tert-OH is 2. The molecule has 4 rings (SSSR count). The molecule has 1 aliphatic heterocycles. The molecule has 0 bridgehead atoms. The minimum atomic E-state index is -1.37. The zero-order valence-electron chi connectivity index (χ0n) is 19.3. The molecule has 2 heterocycles. The Morgan fingerprint density at radius 3 is 2.47 bits per heavy atom. The maximum atomic E-state index is 12.6. The first-order valence-corrected chi connectivity index (χ1v) is 10.8. The highest BCUT2D eigenvalue weighted by Gasteiger charge is 2.50. The molecule has 1 fully saturated rings. The first-order valence-electron chi connectivity index (χ1n) is 10.8. The number of anilines is 1. The molecule has 1 saturated heterocycles. The van der Waals surface area contributed by atoms with Gasteiger partial charge in [-0.25, -0.2) is 4.79 Å². The van der Waals surface area contributed by atoms with Crippen molar-refractivity contribution in [1.82, 2.24) is 0 Å². The Morgan fingerprint density at radius 2 is 1.79 bits per heavy atom. The van der Waals surface area contributed by atoms with Crippen LogP contribution in [0.15, 0.2) is 57.7 Å². The van der Waals surface area contributed by atoms with Crippen LogP contribution < -0.4 is 15.7 Å². The van der Waals surface area contributed by atoms with Crippen LogP contribution in [0.4, 0.5) is 5.69 Å². The summed E-state index contributed by atoms with van der Waals surface area (Å²) in [5, 5.41) is 24.1. The van der Waals surface area contributed by atoms with E-state index in [0.717, 1.165) is 0 Å². The summed E-state index contributed by atoms with van der Waals surface area (Å²) in [5.74, 6) is -0.123. The van der Waals surface area contributed by atoms with E-state index in [4.69, 9.17) is 18.6 Å². The SMILES string of the molecule is CO[C@@H]1[C@@H](O)[C@@H](O)[C@H](Oc2ccc3cc(NC(=O)c4ccccc4)c(=O)oc3c2C)OC1(C)C. The van der Waals surface area contributed by atoms with Gasteiger partial charge in [0.25, 0.3) is 5.91 Å². The molecule has 4 atom stereocenters. The van der Waals surface area contributed by atoms with Crippen LogP contribution in [0.25, 0.3) is 11.0 Å². The molecule has 0 unspecified atom stereocenters. The van der Waals surface area contributed by atoms with Gasteiger partial charge < -0.3 is 34.2 Å². The van der Waals surface area contributed by atoms with Crippen LogP contribution in [0.1, 0.15) is 29.8 Å². The van der Waals surface area contributed by atoms with E-state index in [-0.39, 0.29) is 11.3 Å². The first-order chi connectivity index (χ1) is 16.1. The molecule has 0 saturated carbocycles. The zero-order valence-corrected chi connectivity index (χ0v) is 19.3. The molecule has 0 spiro atoms. The van der Waals surface area contributed by atoms with Gasteiger partial charge in [-0.15, -0.1) is 0 Å². The summed E-state index contributed by atoms with van der Waals surface area (Å²) in [4.78, 5) is 25.0. The number of nitrogens with one attached hydrogen (secondary N) is 1. The van der Waals surface area contributed by atoms with Crippen LogP contribution in [-0.2, 0) is 9.47 Å². The second-order valence-electron chi connectivity index (χ2n) is 8.72. The van der Waals surface area contributed by atoms with E-state index < -0.39 is 41.7 Å². The van der Waals surface area contributed by atoms with Gasteiger partial charge in [-0.1, -0.05) is 18.2 Å². The van der Waals surface area contributed by atoms with Gasteiger partial charge in [0.15, 0.2) is 0 Å². The van der Waals surface area contributed by atoms with Gasteiger partial charge in [0.05, 0.1) is 5.60 Å². The standard InChI is InChI=1S/C25H27NO8/c1-13-17(32-24-19(28)18(27)21(31-4)25(2,3)34-24)11-10-15-12-16(23(30)33-20(13)15)26-22(29)14-8-6-5-7-9-14/h5-12,18-19,21,24,27-28H,1-4H3,(H,26,29)/t18-,19+,21+,24+/m0/s1. The van der Waals surface area contributed by atoms with Crippen LogP contribution in [0.5, 0.6) is 5.75 Å². The Kier molecular flexibility index (Phi) is 6.46. The van der Waals surface area contributed by atoms with Gasteiger partial charge in [-0.05, 0) is 51.1 Å². The van der Waals surface area contributed by atoms with E-state index in [1.165, 1.54) is 13.2 Å². The summed E-state index contributed by atoms with van der Waals surface area (Å²) >= 11 is 0. The molecule has 9 nitrogen and oxygen atoms in total. The lowest BCUT2D eigenvalue weighted by Gasteiger charge is -2.46. The maximum absolute atomic E-state index is 12.6. The van der Waals surface area contributed by atoms with Crippen molar-refractivity contribution in [2.75, 3.05) is 12.4 Å². The van der Waals surface area contributed by atoms with Crippen molar-refractivity contribution in [1.29, 1.82) is 0 Å². The van der Waals surface area contributed by atoms with Crippen LogP contribution >= 0.6 is 0 Å². The van der Waals surface area contributed by atoms with Crippen LogP contribution in [0, 0.1) is 6.92 Å². The molecule has 3 aromatic rings. The Hall–Kier alpha value is -3.24. The third kappa shape index (κ3) is 4.43. The number of carbonyl (C=O) groups excluding carboxylic acids is 1. The number of amides is 1. The van der Waals surface area contributed by atoms with Crippen molar-refractivity contribution in [3.63, 3.8) is 0 Å². The summed E-state index contributed by atoms with van der Waals surface area (Å²) in [6, 6.07) is 13.3. The van der Waals surface area contributed by atoms with Crippen molar-refractivity contribution in [3.8, 4) is 5.75 Å². The fourth-order valence-electron chi connectivity index (χ4n) is 4.13. The summed E-state index contributed by atoms with van der Waals surface area (Å²) in [6.45, 7) is 5.14. The molecule has 3 N–H and O–H groups in total. The van der Waals surface area contributed by atoms with E-state index in [0.29, 0.717) is 22.3 Å². The molecule has 1 aliphatic rings. The van der Waals surface area contributed by atoms with Crippen molar-refractivity contribution in [2.24, 2.45) is 0 Å². The van der Waals surface area contributed by atoms with E-state index >= 15 is 0 Å². The van der Waals surface area contributed by atoms with Crippen LogP contribution in [0.3, 0.4) is 0 Å². The van der Waals surface area contributed by atoms with Gasteiger partial charge in [0.1, 0.15) is 35.3 Å². The lowest BCUT2D eigenvalue weighted by atomic mass is 9.89. The van der Waals surface area contributed by atoms with Gasteiger partial charge >= 0.3 is 5.63 Å². The monoisotopic (exact) mass is 469 g/mol. The van der Waals surface area contributed by atoms with Crippen LogP contribution in [0.2, 0.25) is 0 Å². The molecule has 34 heavy (non-hydrogen) atoms. The third-order valence-corrected chi connectivity index (χ3v) is 5.93. The van der Waals surface area contributed by atoms with Gasteiger partial charge in [-0.3, -0.25) is 4.79 Å². The molecule has 1 amide bonds. The Morgan fingerprint density at radius 1 is 1.09 bits per heavy atom.